The molecule has 0 aromatic carbocycles. The Kier molecular flexibility index (Phi) is 48.7. The number of nitrogens with zero attached hydrogens (tertiary/aromatic N) is 1. The van der Waals surface area contributed by atoms with Crippen LogP contribution in [-0.2, 0) is 0 Å². The van der Waals surface area contributed by atoms with Gasteiger partial charge in [-0.2, -0.15) is 0 Å². The van der Waals surface area contributed by atoms with Crippen LogP contribution >= 0.6 is 0 Å². The number of hydrogen-bond acceptors (Lipinski definition) is 0. The van der Waals surface area contributed by atoms with Gasteiger partial charge in [0.1, 0.15) is 0 Å². The van der Waals surface area contributed by atoms with Crippen molar-refractivity contribution in [2.45, 2.75) is 310 Å². The van der Waals surface area contributed by atoms with Gasteiger partial charge in [0.25, 0.3) is 0 Å². The molecule has 2 heteroatoms. The highest BCUT2D eigenvalue weighted by molar-refractivity contribution is 4.57. The summed E-state index contributed by atoms with van der Waals surface area (Å²) in [7, 11) is 0. The van der Waals surface area contributed by atoms with E-state index in [4.69, 9.17) is 0 Å². The molecule has 0 aliphatic heterocycles. The third-order valence-electron chi connectivity index (χ3n) is 13.0. The van der Waals surface area contributed by atoms with E-state index >= 15 is 0 Å². The van der Waals surface area contributed by atoms with Crippen LogP contribution in [0.3, 0.4) is 0 Å². The summed E-state index contributed by atoms with van der Waals surface area (Å²) in [5.74, 6) is 0. The second-order valence-corrected chi connectivity index (χ2v) is 18.3. The summed E-state index contributed by atoms with van der Waals surface area (Å²) in [5.41, 5.74) is 0. The average Bonchev–Trinajstić information content (AvgIpc) is 3.14. The molecule has 0 fully saturated rings. The summed E-state index contributed by atoms with van der Waals surface area (Å²) in [5, 5.41) is 0. The number of halogens is 1. The molecule has 53 heavy (non-hydrogen) atoms. The highest BCUT2D eigenvalue weighted by Gasteiger charge is 2.29. The van der Waals surface area contributed by atoms with E-state index in [2.05, 4.69) is 34.6 Å². The fourth-order valence-electron chi connectivity index (χ4n) is 8.97. The number of quaternary nitrogens is 1. The lowest BCUT2D eigenvalue weighted by molar-refractivity contribution is -0.948. The van der Waals surface area contributed by atoms with Gasteiger partial charge in [-0.05, 0) is 52.4 Å². The van der Waals surface area contributed by atoms with E-state index < -0.39 is 0 Å². The van der Waals surface area contributed by atoms with Gasteiger partial charge >= 0.3 is 0 Å². The molecule has 322 valence electrons. The van der Waals surface area contributed by atoms with E-state index in [1.807, 2.05) is 0 Å². The van der Waals surface area contributed by atoms with E-state index in [1.165, 1.54) is 294 Å². The molecule has 1 nitrogen and oxygen atoms in total. The van der Waals surface area contributed by atoms with Crippen molar-refractivity contribution >= 4 is 0 Å². The van der Waals surface area contributed by atoms with Crippen LogP contribution in [0.25, 0.3) is 0 Å². The summed E-state index contributed by atoms with van der Waals surface area (Å²) < 4.78 is 1.43. The quantitative estimate of drug-likeness (QED) is 0.0427. The van der Waals surface area contributed by atoms with Crippen LogP contribution in [-0.4, -0.2) is 30.2 Å². The van der Waals surface area contributed by atoms with Crippen molar-refractivity contribution < 1.29 is 16.9 Å². The second kappa shape index (κ2) is 46.6. The summed E-state index contributed by atoms with van der Waals surface area (Å²) in [6, 6.07) is 0.783. The Morgan fingerprint density at radius 2 is 0.358 bits per heavy atom. The summed E-state index contributed by atoms with van der Waals surface area (Å²) >= 11 is 0. The standard InChI is InChI=1S/C51H106N.ClH/c1-6-9-12-15-18-21-24-27-30-33-36-39-42-45-48-52(51(4)5,49-46-43-40-37-34-31-28-25-22-19-16-13-10-7-2)50-47-44-41-38-35-32-29-26-23-20-17-14-11-8-3;/h51H,6-50H2,1-5H3;1H/q+1;/p-1. The topological polar surface area (TPSA) is 0 Å². The smallest absolute Gasteiger partial charge is 0.0833 e. The van der Waals surface area contributed by atoms with Crippen molar-refractivity contribution in [3.05, 3.63) is 0 Å². The van der Waals surface area contributed by atoms with Gasteiger partial charge in [0.15, 0.2) is 0 Å². The lowest BCUT2D eigenvalue weighted by Crippen LogP contribution is -3.00. The number of unbranched alkanes of at least 4 members (excludes halogenated alkanes) is 39. The van der Waals surface area contributed by atoms with Crippen molar-refractivity contribution in [2.75, 3.05) is 19.6 Å². The maximum Gasteiger partial charge on any atom is 0.0833 e. The third-order valence-corrected chi connectivity index (χ3v) is 13.0. The van der Waals surface area contributed by atoms with Gasteiger partial charge in [-0.1, -0.05) is 252 Å². The second-order valence-electron chi connectivity index (χ2n) is 18.3. The molecule has 0 saturated carbocycles. The maximum atomic E-state index is 2.57. The van der Waals surface area contributed by atoms with Crippen LogP contribution in [0.4, 0.5) is 0 Å². The maximum absolute atomic E-state index is 2.57. The lowest BCUT2D eigenvalue weighted by atomic mass is 10.0. The Morgan fingerprint density at radius 3 is 0.491 bits per heavy atom. The molecule has 0 heterocycles. The normalized spacial score (nSPS) is 11.9. The third kappa shape index (κ3) is 40.3. The van der Waals surface area contributed by atoms with E-state index in [9.17, 15) is 0 Å². The summed E-state index contributed by atoms with van der Waals surface area (Å²) in [6.07, 6.45) is 61.7. The molecule has 0 aliphatic carbocycles. The molecule has 0 aliphatic rings. The summed E-state index contributed by atoms with van der Waals surface area (Å²) in [4.78, 5) is 0. The van der Waals surface area contributed by atoms with E-state index in [-0.39, 0.29) is 12.4 Å². The zero-order valence-electron chi connectivity index (χ0n) is 38.2. The van der Waals surface area contributed by atoms with Crippen LogP contribution in [0, 0.1) is 0 Å². The molecule has 0 N–H and O–H groups in total. The molecule has 0 amide bonds. The van der Waals surface area contributed by atoms with Gasteiger partial charge in [-0.3, -0.25) is 0 Å². The minimum Gasteiger partial charge on any atom is -1.00 e. The zero-order valence-corrected chi connectivity index (χ0v) is 39.0. The Morgan fingerprint density at radius 1 is 0.226 bits per heavy atom. The molecule has 0 spiro atoms. The van der Waals surface area contributed by atoms with Gasteiger partial charge in [0.05, 0.1) is 25.7 Å². The predicted molar refractivity (Wildman–Crippen MR) is 241 cm³/mol. The van der Waals surface area contributed by atoms with Crippen molar-refractivity contribution in [1.82, 2.24) is 0 Å². The minimum atomic E-state index is 0. The Labute approximate surface area is 345 Å². The lowest BCUT2D eigenvalue weighted by Gasteiger charge is -2.43. The predicted octanol–water partition coefficient (Wildman–Crippen LogP) is 15.7. The van der Waals surface area contributed by atoms with Crippen molar-refractivity contribution in [3.63, 3.8) is 0 Å². The average molecular weight is 769 g/mol. The Hall–Kier alpha value is 0.250. The fraction of sp³-hybridized carbons (Fsp3) is 1.00. The first-order valence-electron chi connectivity index (χ1n) is 25.5. The Balaban J connectivity index is 0. The molecule has 0 bridgehead atoms. The molecule has 0 rings (SSSR count). The molecule has 0 radical (unpaired) electrons. The molecular weight excluding hydrogens is 662 g/mol. The first-order valence-corrected chi connectivity index (χ1v) is 25.5. The fourth-order valence-corrected chi connectivity index (χ4v) is 8.97. The first-order chi connectivity index (χ1) is 25.6. The summed E-state index contributed by atoms with van der Waals surface area (Å²) in [6.45, 7) is 16.5. The molecular formula is C51H106ClN. The van der Waals surface area contributed by atoms with Crippen molar-refractivity contribution in [1.29, 1.82) is 0 Å². The SMILES string of the molecule is CCCCCCCCCCCCCCCC[N+](CCCCCCCCCCCCCCCC)(CCCCCCCCCCCCCCCC)C(C)C.[Cl-]. The van der Waals surface area contributed by atoms with Gasteiger partial charge in [0, 0.05) is 0 Å². The van der Waals surface area contributed by atoms with Gasteiger partial charge in [-0.25, -0.2) is 0 Å². The molecule has 0 saturated heterocycles. The number of hydrogen-bond donors (Lipinski definition) is 0. The van der Waals surface area contributed by atoms with Crippen LogP contribution in [0.2, 0.25) is 0 Å². The minimum absolute atomic E-state index is 0. The highest BCUT2D eigenvalue weighted by Crippen LogP contribution is 2.23. The molecule has 0 unspecified atom stereocenters. The number of rotatable bonds is 46. The van der Waals surface area contributed by atoms with Crippen LogP contribution in [0.5, 0.6) is 0 Å². The van der Waals surface area contributed by atoms with Crippen LogP contribution in [0.15, 0.2) is 0 Å². The van der Waals surface area contributed by atoms with Crippen molar-refractivity contribution in [3.8, 4) is 0 Å². The van der Waals surface area contributed by atoms with Crippen LogP contribution in [0.1, 0.15) is 304 Å². The van der Waals surface area contributed by atoms with Crippen molar-refractivity contribution in [2.24, 2.45) is 0 Å². The van der Waals surface area contributed by atoms with E-state index in [1.54, 1.807) is 0 Å². The zero-order chi connectivity index (χ0) is 37.9. The molecule has 0 aromatic rings. The van der Waals surface area contributed by atoms with E-state index in [0.717, 1.165) is 6.04 Å². The monoisotopic (exact) mass is 768 g/mol. The largest absolute Gasteiger partial charge is 1.00 e. The first kappa shape index (κ1) is 55.3. The van der Waals surface area contributed by atoms with Gasteiger partial charge in [0.2, 0.25) is 0 Å². The van der Waals surface area contributed by atoms with Gasteiger partial charge in [-0.15, -0.1) is 0 Å². The van der Waals surface area contributed by atoms with Crippen LogP contribution < -0.4 is 12.4 Å². The van der Waals surface area contributed by atoms with Gasteiger partial charge < -0.3 is 16.9 Å². The molecule has 0 aromatic heterocycles. The van der Waals surface area contributed by atoms with E-state index in [0.29, 0.717) is 0 Å². The Bertz CT molecular complexity index is 553. The highest BCUT2D eigenvalue weighted by atomic mass is 35.5. The molecule has 0 atom stereocenters.